The van der Waals surface area contributed by atoms with Crippen molar-refractivity contribution >= 4 is 55.9 Å². The van der Waals surface area contributed by atoms with Gasteiger partial charge in [-0.3, -0.25) is 9.36 Å². The fourth-order valence-electron chi connectivity index (χ4n) is 4.35. The van der Waals surface area contributed by atoms with Crippen LogP contribution in [-0.4, -0.2) is 50.6 Å². The van der Waals surface area contributed by atoms with Gasteiger partial charge in [0.05, 0.1) is 42.1 Å². The molecule has 5 rings (SSSR count). The molecule has 0 bridgehead atoms. The van der Waals surface area contributed by atoms with E-state index < -0.39 is 5.97 Å². The Kier molecular flexibility index (Phi) is 7.45. The summed E-state index contributed by atoms with van der Waals surface area (Å²) in [5, 5.41) is 12.1. The predicted molar refractivity (Wildman–Crippen MR) is 154 cm³/mol. The molecule has 0 radical (unpaired) electrons. The molecule has 0 aliphatic carbocycles. The molecule has 0 fully saturated rings. The van der Waals surface area contributed by atoms with Crippen molar-refractivity contribution in [3.8, 4) is 11.4 Å². The van der Waals surface area contributed by atoms with Gasteiger partial charge < -0.3 is 19.6 Å². The fraction of sp³-hybridized carbons (Fsp3) is 0.214. The molecule has 200 valence electrons. The monoisotopic (exact) mass is 562 g/mol. The van der Waals surface area contributed by atoms with E-state index in [1.54, 1.807) is 37.4 Å². The van der Waals surface area contributed by atoms with Gasteiger partial charge in [-0.05, 0) is 43.2 Å². The summed E-state index contributed by atoms with van der Waals surface area (Å²) in [5.74, 6) is -0.270. The second-order valence-corrected chi connectivity index (χ2v) is 10.7. The summed E-state index contributed by atoms with van der Waals surface area (Å²) in [6.45, 7) is 3.98. The third-order valence-electron chi connectivity index (χ3n) is 6.31. The highest BCUT2D eigenvalue weighted by Gasteiger charge is 2.24. The summed E-state index contributed by atoms with van der Waals surface area (Å²) < 4.78 is 11.8. The number of hydrogen-bond acceptors (Lipinski definition) is 9. The molecule has 3 heterocycles. The van der Waals surface area contributed by atoms with Crippen LogP contribution in [0.25, 0.3) is 32.5 Å². The lowest BCUT2D eigenvalue weighted by Crippen LogP contribution is -2.22. The largest absolute Gasteiger partial charge is 0.510 e. The number of carbonyl (C=O) groups excluding carboxylic acids is 1. The number of aromatic amines is 1. The van der Waals surface area contributed by atoms with Crippen LogP contribution in [0.2, 0.25) is 0 Å². The first-order chi connectivity index (χ1) is 18.9. The van der Waals surface area contributed by atoms with Crippen LogP contribution in [0.5, 0.6) is 5.75 Å². The van der Waals surface area contributed by atoms with Crippen LogP contribution < -0.4 is 10.3 Å². The number of esters is 1. The van der Waals surface area contributed by atoms with Crippen molar-refractivity contribution in [2.24, 2.45) is 0 Å². The molecule has 11 heteroatoms. The Morgan fingerprint density at radius 1 is 1.15 bits per heavy atom. The second kappa shape index (κ2) is 11.0. The number of carbonyl (C=O) groups is 1. The fourth-order valence-corrected chi connectivity index (χ4v) is 6.40. The zero-order valence-electron chi connectivity index (χ0n) is 21.8. The number of imidazole rings is 1. The van der Waals surface area contributed by atoms with Gasteiger partial charge in [0, 0.05) is 10.9 Å². The lowest BCUT2D eigenvalue weighted by molar-refractivity contribution is -0.133. The van der Waals surface area contributed by atoms with Gasteiger partial charge in [0.15, 0.2) is 5.16 Å². The smallest absolute Gasteiger partial charge is 0.345 e. The van der Waals surface area contributed by atoms with E-state index in [0.717, 1.165) is 28.6 Å². The maximum Gasteiger partial charge on any atom is 0.345 e. The van der Waals surface area contributed by atoms with Crippen LogP contribution in [0, 0.1) is 6.92 Å². The molecule has 0 aliphatic rings. The summed E-state index contributed by atoms with van der Waals surface area (Å²) in [5.41, 5.74) is 2.56. The highest BCUT2D eigenvalue weighted by atomic mass is 32.2. The molecular formula is C28H26N4O5S2. The highest BCUT2D eigenvalue weighted by molar-refractivity contribution is 7.99. The number of benzene rings is 2. The molecule has 0 amide bonds. The molecule has 2 N–H and O–H groups in total. The summed E-state index contributed by atoms with van der Waals surface area (Å²) >= 11 is 2.62. The van der Waals surface area contributed by atoms with Gasteiger partial charge in [-0.15, -0.1) is 11.3 Å². The number of aryl methyl sites for hydroxylation is 2. The number of aliphatic hydroxyl groups is 1. The molecular weight excluding hydrogens is 536 g/mol. The van der Waals surface area contributed by atoms with Crippen molar-refractivity contribution in [3.63, 3.8) is 0 Å². The molecule has 9 nitrogen and oxygen atoms in total. The summed E-state index contributed by atoms with van der Waals surface area (Å²) in [4.78, 5) is 40.6. The Morgan fingerprint density at radius 3 is 2.67 bits per heavy atom. The molecule has 3 aromatic heterocycles. The summed E-state index contributed by atoms with van der Waals surface area (Å²) in [6.07, 6.45) is 0.789. The Labute approximate surface area is 232 Å². The maximum atomic E-state index is 13.9. The topological polar surface area (TPSA) is 119 Å². The van der Waals surface area contributed by atoms with Crippen LogP contribution in [-0.2, 0) is 16.0 Å². The molecule has 2 aromatic carbocycles. The van der Waals surface area contributed by atoms with E-state index in [-0.39, 0.29) is 28.5 Å². The first-order valence-corrected chi connectivity index (χ1v) is 13.9. The second-order valence-electron chi connectivity index (χ2n) is 8.62. The molecule has 39 heavy (non-hydrogen) atoms. The van der Waals surface area contributed by atoms with Gasteiger partial charge in [0.25, 0.3) is 5.56 Å². The third kappa shape index (κ3) is 4.90. The van der Waals surface area contributed by atoms with Crippen molar-refractivity contribution in [2.75, 3.05) is 20.0 Å². The zero-order chi connectivity index (χ0) is 27.7. The standard InChI is InChI=1S/C28H26N4O5S2/c1-5-21-15(2)22-25(39-21)31-28(32(26(22)34)16-9-8-10-17(13-16)36-3)38-14-20(33)23(27(35)37-4)24-29-18-11-6-7-12-19(18)30-24/h6-13,33H,5,14H2,1-4H3,(H,29,30). The molecule has 0 unspecified atom stereocenters. The number of thiophene rings is 1. The third-order valence-corrected chi connectivity index (χ3v) is 8.59. The Hall–Kier alpha value is -4.09. The lowest BCUT2D eigenvalue weighted by Gasteiger charge is -2.14. The SMILES string of the molecule is CCc1sc2nc(SCC(O)=C(C(=O)OC)c3nc4ccccc4[nH]3)n(-c3cccc(OC)c3)c(=O)c2c1C. The number of fused-ring (bicyclic) bond motifs is 2. The van der Waals surface area contributed by atoms with Gasteiger partial charge in [0.2, 0.25) is 0 Å². The van der Waals surface area contributed by atoms with Gasteiger partial charge in [-0.2, -0.15) is 0 Å². The van der Waals surface area contributed by atoms with E-state index in [9.17, 15) is 14.7 Å². The number of nitrogens with zero attached hydrogens (tertiary/aromatic N) is 3. The number of aliphatic hydroxyl groups excluding tert-OH is 1. The van der Waals surface area contributed by atoms with Crippen molar-refractivity contribution in [3.05, 3.63) is 80.9 Å². The number of H-pyrrole nitrogens is 1. The number of aromatic nitrogens is 4. The number of ether oxygens (including phenoxy) is 2. The van der Waals surface area contributed by atoms with Crippen molar-refractivity contribution in [1.82, 2.24) is 19.5 Å². The van der Waals surface area contributed by atoms with Gasteiger partial charge in [-0.1, -0.05) is 36.9 Å². The van der Waals surface area contributed by atoms with Crippen LogP contribution >= 0.6 is 23.1 Å². The lowest BCUT2D eigenvalue weighted by atomic mass is 10.2. The quantitative estimate of drug-likeness (QED) is 0.0844. The van der Waals surface area contributed by atoms with E-state index in [0.29, 0.717) is 37.8 Å². The molecule has 0 saturated heterocycles. The van der Waals surface area contributed by atoms with Crippen molar-refractivity contribution in [1.29, 1.82) is 0 Å². The zero-order valence-corrected chi connectivity index (χ0v) is 23.4. The molecule has 0 atom stereocenters. The normalized spacial score (nSPS) is 12.1. The van der Waals surface area contributed by atoms with Crippen molar-refractivity contribution in [2.45, 2.75) is 25.4 Å². The summed E-state index contributed by atoms with van der Waals surface area (Å²) in [7, 11) is 2.80. The Bertz CT molecular complexity index is 1770. The summed E-state index contributed by atoms with van der Waals surface area (Å²) in [6, 6.07) is 14.5. The van der Waals surface area contributed by atoms with E-state index in [1.807, 2.05) is 32.0 Å². The minimum absolute atomic E-state index is 0.0611. The number of hydrogen-bond donors (Lipinski definition) is 2. The van der Waals surface area contributed by atoms with Crippen LogP contribution in [0.15, 0.2) is 64.2 Å². The number of rotatable bonds is 8. The molecule has 0 aliphatic heterocycles. The van der Waals surface area contributed by atoms with Gasteiger partial charge in [0.1, 0.15) is 27.7 Å². The average molecular weight is 563 g/mol. The minimum atomic E-state index is -0.734. The number of methoxy groups -OCH3 is 2. The number of nitrogens with one attached hydrogen (secondary N) is 1. The van der Waals surface area contributed by atoms with Crippen molar-refractivity contribution < 1.29 is 19.4 Å². The number of thioether (sulfide) groups is 1. The van der Waals surface area contributed by atoms with E-state index >= 15 is 0 Å². The van der Waals surface area contributed by atoms with Crippen LogP contribution in [0.1, 0.15) is 23.2 Å². The van der Waals surface area contributed by atoms with Crippen LogP contribution in [0.4, 0.5) is 0 Å². The van der Waals surface area contributed by atoms with E-state index in [4.69, 9.17) is 14.5 Å². The predicted octanol–water partition coefficient (Wildman–Crippen LogP) is 5.44. The first kappa shape index (κ1) is 26.5. The van der Waals surface area contributed by atoms with E-state index in [1.165, 1.54) is 23.0 Å². The Balaban J connectivity index is 1.63. The molecule has 0 saturated carbocycles. The van der Waals surface area contributed by atoms with Crippen LogP contribution in [0.3, 0.4) is 0 Å². The van der Waals surface area contributed by atoms with Gasteiger partial charge >= 0.3 is 5.97 Å². The Morgan fingerprint density at radius 2 is 1.95 bits per heavy atom. The average Bonchev–Trinajstić information content (AvgIpc) is 3.52. The maximum absolute atomic E-state index is 13.9. The van der Waals surface area contributed by atoms with Gasteiger partial charge in [-0.25, -0.2) is 14.8 Å². The molecule has 5 aromatic rings. The first-order valence-electron chi connectivity index (χ1n) is 12.1. The molecule has 0 spiro atoms. The van der Waals surface area contributed by atoms with E-state index in [2.05, 4.69) is 9.97 Å². The highest BCUT2D eigenvalue weighted by Crippen LogP contribution is 2.32. The number of para-hydroxylation sites is 2. The minimum Gasteiger partial charge on any atom is -0.510 e.